The minimum atomic E-state index is -0.323. The SMILES string of the molecule is CC(c1ccccc1F)c1cc2c(n3ncnc13)C(C)(C)CN2C(=O)CN1C[C@@H](C)NC[C@@H]1CN1CCOC[C@H]1C. The number of ether oxygens (including phenoxy) is 1. The van der Waals surface area contributed by atoms with Gasteiger partial charge in [0, 0.05) is 67.7 Å². The molecule has 0 saturated carbocycles. The fraction of sp³-hybridized carbons (Fsp3) is 0.581. The van der Waals surface area contributed by atoms with Crippen molar-refractivity contribution in [2.24, 2.45) is 0 Å². The van der Waals surface area contributed by atoms with Gasteiger partial charge in [0.15, 0.2) is 5.65 Å². The fourth-order valence-electron chi connectivity index (χ4n) is 6.89. The van der Waals surface area contributed by atoms with E-state index in [1.54, 1.807) is 12.4 Å². The van der Waals surface area contributed by atoms with Crippen molar-refractivity contribution < 1.29 is 13.9 Å². The second-order valence-electron chi connectivity index (χ2n) is 12.7. The molecule has 4 atom stereocenters. The van der Waals surface area contributed by atoms with E-state index in [2.05, 4.69) is 59.0 Å². The van der Waals surface area contributed by atoms with Crippen LogP contribution in [0, 0.1) is 5.82 Å². The molecule has 1 N–H and O–H groups in total. The average molecular weight is 564 g/mol. The maximum Gasteiger partial charge on any atom is 0.241 e. The van der Waals surface area contributed by atoms with Crippen LogP contribution in [0.4, 0.5) is 10.1 Å². The lowest BCUT2D eigenvalue weighted by Crippen LogP contribution is -2.62. The van der Waals surface area contributed by atoms with Crippen LogP contribution in [0.1, 0.15) is 57.4 Å². The normalized spacial score (nSPS) is 25.9. The van der Waals surface area contributed by atoms with Crippen molar-refractivity contribution in [3.05, 3.63) is 59.3 Å². The number of halogens is 1. The Morgan fingerprint density at radius 1 is 1.22 bits per heavy atom. The van der Waals surface area contributed by atoms with Gasteiger partial charge in [-0.25, -0.2) is 13.9 Å². The van der Waals surface area contributed by atoms with Gasteiger partial charge in [-0.2, -0.15) is 5.10 Å². The van der Waals surface area contributed by atoms with Gasteiger partial charge in [0.2, 0.25) is 5.91 Å². The largest absolute Gasteiger partial charge is 0.379 e. The maximum atomic E-state index is 14.8. The molecule has 5 heterocycles. The lowest BCUT2D eigenvalue weighted by Gasteiger charge is -2.43. The summed E-state index contributed by atoms with van der Waals surface area (Å²) < 4.78 is 22.4. The third-order valence-electron chi connectivity index (χ3n) is 9.19. The second kappa shape index (κ2) is 11.1. The Bertz CT molecular complexity index is 1420. The van der Waals surface area contributed by atoms with Crippen LogP contribution in [0.15, 0.2) is 36.7 Å². The molecule has 3 aliphatic heterocycles. The summed E-state index contributed by atoms with van der Waals surface area (Å²) in [5.41, 5.74) is 3.65. The number of benzene rings is 1. The van der Waals surface area contributed by atoms with Gasteiger partial charge in [0.05, 0.1) is 31.1 Å². The van der Waals surface area contributed by atoms with Gasteiger partial charge in [-0.3, -0.25) is 14.6 Å². The van der Waals surface area contributed by atoms with E-state index in [1.165, 1.54) is 6.07 Å². The number of fused-ring (bicyclic) bond motifs is 3. The van der Waals surface area contributed by atoms with Gasteiger partial charge >= 0.3 is 0 Å². The van der Waals surface area contributed by atoms with E-state index in [0.29, 0.717) is 36.4 Å². The zero-order valence-electron chi connectivity index (χ0n) is 24.8. The summed E-state index contributed by atoms with van der Waals surface area (Å²) in [5, 5.41) is 8.21. The number of pyridine rings is 1. The molecule has 0 aliphatic carbocycles. The molecule has 0 spiro atoms. The van der Waals surface area contributed by atoms with Gasteiger partial charge in [0.1, 0.15) is 12.1 Å². The Balaban J connectivity index is 1.31. The highest BCUT2D eigenvalue weighted by atomic mass is 19.1. The maximum absolute atomic E-state index is 14.8. The third kappa shape index (κ3) is 5.27. The van der Waals surface area contributed by atoms with Crippen molar-refractivity contribution in [2.45, 2.75) is 64.1 Å². The van der Waals surface area contributed by atoms with Crippen molar-refractivity contribution in [1.82, 2.24) is 29.7 Å². The first kappa shape index (κ1) is 28.2. The Labute approximate surface area is 241 Å². The van der Waals surface area contributed by atoms with E-state index in [1.807, 2.05) is 28.5 Å². The number of nitrogens with zero attached hydrogens (tertiary/aromatic N) is 6. The van der Waals surface area contributed by atoms with Crippen LogP contribution in [0.25, 0.3) is 5.65 Å². The smallest absolute Gasteiger partial charge is 0.241 e. The molecule has 9 nitrogen and oxygen atoms in total. The molecule has 1 amide bonds. The average Bonchev–Trinajstić information content (AvgIpc) is 3.53. The Morgan fingerprint density at radius 2 is 2.02 bits per heavy atom. The molecule has 41 heavy (non-hydrogen) atoms. The molecule has 1 aromatic carbocycles. The number of anilines is 1. The predicted octanol–water partition coefficient (Wildman–Crippen LogP) is 3.03. The number of hydrogen-bond acceptors (Lipinski definition) is 7. The van der Waals surface area contributed by atoms with E-state index in [9.17, 15) is 9.18 Å². The highest BCUT2D eigenvalue weighted by Crippen LogP contribution is 2.43. The first-order chi connectivity index (χ1) is 19.6. The van der Waals surface area contributed by atoms with Crippen LogP contribution < -0.4 is 10.2 Å². The fourth-order valence-corrected chi connectivity index (χ4v) is 6.89. The van der Waals surface area contributed by atoms with Crippen molar-refractivity contribution in [2.75, 3.05) is 57.4 Å². The zero-order chi connectivity index (χ0) is 28.9. The molecule has 6 rings (SSSR count). The highest BCUT2D eigenvalue weighted by Gasteiger charge is 2.43. The van der Waals surface area contributed by atoms with Gasteiger partial charge in [-0.05, 0) is 31.5 Å². The molecule has 0 radical (unpaired) electrons. The molecular formula is C31H42FN7O2. The molecule has 3 aliphatic rings. The van der Waals surface area contributed by atoms with Crippen molar-refractivity contribution >= 4 is 17.2 Å². The summed E-state index contributed by atoms with van der Waals surface area (Å²) in [4.78, 5) is 25.5. The van der Waals surface area contributed by atoms with Crippen LogP contribution in [0.5, 0.6) is 0 Å². The van der Waals surface area contributed by atoms with Gasteiger partial charge in [0.25, 0.3) is 0 Å². The number of nitrogens with one attached hydrogen (secondary N) is 1. The van der Waals surface area contributed by atoms with Crippen molar-refractivity contribution in [3.63, 3.8) is 0 Å². The summed E-state index contributed by atoms with van der Waals surface area (Å²) in [6.07, 6.45) is 1.55. The minimum absolute atomic E-state index is 0.0786. The highest BCUT2D eigenvalue weighted by molar-refractivity contribution is 5.98. The number of carbonyl (C=O) groups is 1. The number of rotatable bonds is 6. The van der Waals surface area contributed by atoms with Crippen LogP contribution in [0.3, 0.4) is 0 Å². The van der Waals surface area contributed by atoms with Crippen molar-refractivity contribution in [1.29, 1.82) is 0 Å². The zero-order valence-corrected chi connectivity index (χ0v) is 24.8. The first-order valence-electron chi connectivity index (χ1n) is 14.8. The topological polar surface area (TPSA) is 78.2 Å². The molecular weight excluding hydrogens is 521 g/mol. The second-order valence-corrected chi connectivity index (χ2v) is 12.7. The van der Waals surface area contributed by atoms with E-state index in [-0.39, 0.29) is 29.1 Å². The predicted molar refractivity (Wildman–Crippen MR) is 157 cm³/mol. The number of aromatic nitrogens is 3. The molecule has 2 aromatic heterocycles. The number of piperazine rings is 1. The third-order valence-corrected chi connectivity index (χ3v) is 9.19. The van der Waals surface area contributed by atoms with Gasteiger partial charge in [-0.15, -0.1) is 0 Å². The summed E-state index contributed by atoms with van der Waals surface area (Å²) in [6.45, 7) is 16.6. The van der Waals surface area contributed by atoms with E-state index in [4.69, 9.17) is 4.74 Å². The van der Waals surface area contributed by atoms with E-state index >= 15 is 0 Å². The summed E-state index contributed by atoms with van der Waals surface area (Å²) in [6, 6.07) is 9.82. The number of amides is 1. The Morgan fingerprint density at radius 3 is 2.80 bits per heavy atom. The molecule has 220 valence electrons. The van der Waals surface area contributed by atoms with Gasteiger partial charge in [-0.1, -0.05) is 39.0 Å². The van der Waals surface area contributed by atoms with Crippen LogP contribution in [-0.2, 0) is 14.9 Å². The summed E-state index contributed by atoms with van der Waals surface area (Å²) in [7, 11) is 0. The lowest BCUT2D eigenvalue weighted by molar-refractivity contribution is -0.121. The van der Waals surface area contributed by atoms with Crippen molar-refractivity contribution in [3.8, 4) is 0 Å². The van der Waals surface area contributed by atoms with Crippen LogP contribution in [-0.4, -0.2) is 101 Å². The number of hydrogen-bond donors (Lipinski definition) is 1. The number of carbonyl (C=O) groups excluding carboxylic acids is 1. The van der Waals surface area contributed by atoms with Gasteiger partial charge < -0.3 is 15.0 Å². The van der Waals surface area contributed by atoms with Crippen LogP contribution in [0.2, 0.25) is 0 Å². The molecule has 2 saturated heterocycles. The summed E-state index contributed by atoms with van der Waals surface area (Å²) in [5.74, 6) is -0.433. The number of morpholine rings is 1. The summed E-state index contributed by atoms with van der Waals surface area (Å²) >= 11 is 0. The quantitative estimate of drug-likeness (QED) is 0.494. The Kier molecular flexibility index (Phi) is 7.61. The standard InChI is InChI=1S/C31H42FN7O2/c1-20-14-37(23(13-33-20)15-36-10-11-41-17-21(36)2)16-28(40)38-18-31(4,5)29-27(38)12-25(30-34-19-35-39(29)30)22(3)24-8-6-7-9-26(24)32/h6-9,12,19-23,33H,10-11,13-18H2,1-5H3/t20-,21-,22?,23-/m1/s1. The molecule has 2 fully saturated rings. The minimum Gasteiger partial charge on any atom is -0.379 e. The molecule has 10 heteroatoms. The molecule has 1 unspecified atom stereocenters. The molecule has 0 bridgehead atoms. The van der Waals surface area contributed by atoms with Crippen LogP contribution >= 0.6 is 0 Å². The van der Waals surface area contributed by atoms with E-state index < -0.39 is 0 Å². The lowest BCUT2D eigenvalue weighted by atomic mass is 9.89. The first-order valence-corrected chi connectivity index (χ1v) is 14.8. The Hall–Kier alpha value is -2.92. The molecule has 3 aromatic rings. The monoisotopic (exact) mass is 563 g/mol. The van der Waals surface area contributed by atoms with E-state index in [0.717, 1.165) is 56.3 Å².